The van der Waals surface area contributed by atoms with Crippen LogP contribution in [0.1, 0.15) is 29.2 Å². The van der Waals surface area contributed by atoms with Gasteiger partial charge >= 0.3 is 0 Å². The Kier molecular flexibility index (Phi) is 6.78. The number of rotatable bonds is 3. The molecule has 1 aliphatic carbocycles. The van der Waals surface area contributed by atoms with Crippen molar-refractivity contribution in [2.24, 2.45) is 4.99 Å². The number of allylic oxidation sites excluding steroid dienone is 1. The largest absolute Gasteiger partial charge is 0.370 e. The fourth-order valence-corrected chi connectivity index (χ4v) is 9.33. The summed E-state index contributed by atoms with van der Waals surface area (Å²) >= 11 is 0. The maximum Gasteiger partial charge on any atom is 0.141 e. The van der Waals surface area contributed by atoms with E-state index in [0.717, 1.165) is 52.3 Å². The molecule has 8 aromatic carbocycles. The van der Waals surface area contributed by atoms with Crippen LogP contribution in [0.4, 0.5) is 11.4 Å². The maximum absolute atomic E-state index is 5.51. The quantitative estimate of drug-likeness (QED) is 0.194. The second-order valence-corrected chi connectivity index (χ2v) is 15.1. The van der Waals surface area contributed by atoms with E-state index in [9.17, 15) is 0 Å². The minimum atomic E-state index is -0.185. The zero-order chi connectivity index (χ0) is 36.7. The van der Waals surface area contributed by atoms with Crippen LogP contribution in [-0.4, -0.2) is 15.0 Å². The van der Waals surface area contributed by atoms with Gasteiger partial charge in [0.1, 0.15) is 11.9 Å². The molecule has 3 heterocycles. The summed E-state index contributed by atoms with van der Waals surface area (Å²) in [6, 6.07) is 61.7. The Hall–Kier alpha value is -7.17. The second kappa shape index (κ2) is 12.2. The van der Waals surface area contributed by atoms with E-state index < -0.39 is 0 Å². The van der Waals surface area contributed by atoms with E-state index in [1.54, 1.807) is 0 Å². The van der Waals surface area contributed by atoms with E-state index >= 15 is 0 Å². The van der Waals surface area contributed by atoms with Crippen LogP contribution in [0.25, 0.3) is 77.3 Å². The van der Waals surface area contributed by atoms with Gasteiger partial charge in [-0.2, -0.15) is 0 Å². The Morgan fingerprint density at radius 2 is 1.27 bits per heavy atom. The van der Waals surface area contributed by atoms with E-state index in [1.165, 1.54) is 65.6 Å². The van der Waals surface area contributed by atoms with Crippen LogP contribution in [0.15, 0.2) is 181 Å². The van der Waals surface area contributed by atoms with Crippen molar-refractivity contribution in [3.05, 3.63) is 193 Å². The summed E-state index contributed by atoms with van der Waals surface area (Å²) < 4.78 is 4.91. The van der Waals surface area contributed by atoms with Crippen molar-refractivity contribution < 1.29 is 0 Å². The van der Waals surface area contributed by atoms with E-state index in [0.29, 0.717) is 0 Å². The predicted octanol–water partition coefficient (Wildman–Crippen LogP) is 13.4. The van der Waals surface area contributed by atoms with Crippen molar-refractivity contribution in [2.45, 2.75) is 18.9 Å². The van der Waals surface area contributed by atoms with Gasteiger partial charge < -0.3 is 9.88 Å². The van der Waals surface area contributed by atoms with Crippen LogP contribution in [0, 0.1) is 0 Å². The maximum atomic E-state index is 5.51. The topological polar surface area (TPSA) is 34.2 Å². The van der Waals surface area contributed by atoms with Crippen LogP contribution in [0.5, 0.6) is 0 Å². The molecule has 0 amide bonds. The highest BCUT2D eigenvalue weighted by Gasteiger charge is 2.29. The first-order valence-corrected chi connectivity index (χ1v) is 19.6. The molecule has 1 aliphatic heterocycles. The molecule has 0 radical (unpaired) electrons. The number of benzene rings is 8. The van der Waals surface area contributed by atoms with Crippen LogP contribution >= 0.6 is 0 Å². The number of anilines is 1. The third-order valence-electron chi connectivity index (χ3n) is 12.0. The third-order valence-corrected chi connectivity index (χ3v) is 12.0. The molecule has 0 spiro atoms. The van der Waals surface area contributed by atoms with E-state index in [1.807, 2.05) is 0 Å². The fourth-order valence-electron chi connectivity index (χ4n) is 9.33. The minimum Gasteiger partial charge on any atom is -0.370 e. The van der Waals surface area contributed by atoms with Crippen LogP contribution < -0.4 is 5.32 Å². The second-order valence-electron chi connectivity index (χ2n) is 15.1. The van der Waals surface area contributed by atoms with Gasteiger partial charge in [-0.1, -0.05) is 133 Å². The SMILES string of the molecule is C1=Cc2c(ccc3c4ccccc4n(-c4ccc5c(c4)c4cc6ccccc6cc4n5C4=Nc5ccccc5NC4c4ccc(-c5ccccc5)cc4)c23)CC1. The first-order valence-electron chi connectivity index (χ1n) is 19.6. The van der Waals surface area contributed by atoms with Crippen LogP contribution in [0.3, 0.4) is 0 Å². The van der Waals surface area contributed by atoms with Gasteiger partial charge in [0.05, 0.1) is 33.4 Å². The van der Waals surface area contributed by atoms with Crippen molar-refractivity contribution in [3.8, 4) is 16.8 Å². The third kappa shape index (κ3) is 4.69. The van der Waals surface area contributed by atoms with Gasteiger partial charge in [-0.05, 0) is 94.4 Å². The molecule has 0 bridgehead atoms. The molecule has 10 aromatic rings. The minimum absolute atomic E-state index is 0.185. The van der Waals surface area contributed by atoms with Crippen molar-refractivity contribution in [1.82, 2.24) is 9.13 Å². The van der Waals surface area contributed by atoms with E-state index in [-0.39, 0.29) is 6.04 Å². The molecule has 0 saturated carbocycles. The zero-order valence-corrected chi connectivity index (χ0v) is 30.7. The number of aromatic nitrogens is 2. The standard InChI is InChI=1S/C52H36N4/c1-2-12-33(13-3-1)34-22-24-36(25-23-34)50-52(54-46-20-10-9-19-45(46)53-50)56-48-29-27-39(32-44(48)43-30-37-15-4-5-16-38(37)31-49(43)56)55-47-21-11-8-18-41(47)42-28-26-35-14-6-7-17-40(35)51(42)55/h1-5,7-13,15-32,50,53H,6,14H2. The lowest BCUT2D eigenvalue weighted by atomic mass is 9.95. The molecule has 0 fully saturated rings. The van der Waals surface area contributed by atoms with Crippen LogP contribution in [0.2, 0.25) is 0 Å². The number of hydrogen-bond acceptors (Lipinski definition) is 2. The normalized spacial score (nSPS) is 15.0. The van der Waals surface area contributed by atoms with E-state index in [4.69, 9.17) is 4.99 Å². The molecule has 4 nitrogen and oxygen atoms in total. The molecular formula is C52H36N4. The summed E-state index contributed by atoms with van der Waals surface area (Å²) in [6.45, 7) is 0. The Labute approximate surface area is 324 Å². The summed E-state index contributed by atoms with van der Waals surface area (Å²) in [5.74, 6) is 0.954. The highest BCUT2D eigenvalue weighted by Crippen LogP contribution is 2.42. The van der Waals surface area contributed by atoms with Crippen molar-refractivity contribution in [2.75, 3.05) is 5.32 Å². The molecule has 1 N–H and O–H groups in total. The predicted molar refractivity (Wildman–Crippen MR) is 236 cm³/mol. The average Bonchev–Trinajstić information content (AvgIpc) is 3.77. The molecule has 4 heteroatoms. The average molecular weight is 717 g/mol. The van der Waals surface area contributed by atoms with Crippen molar-refractivity contribution in [1.29, 1.82) is 0 Å². The van der Waals surface area contributed by atoms with Gasteiger partial charge in [0, 0.05) is 32.8 Å². The van der Waals surface area contributed by atoms with Gasteiger partial charge in [-0.3, -0.25) is 4.57 Å². The summed E-state index contributed by atoms with van der Waals surface area (Å²) in [7, 11) is 0. The van der Waals surface area contributed by atoms with Gasteiger partial charge in [0.2, 0.25) is 0 Å². The van der Waals surface area contributed by atoms with E-state index in [2.05, 4.69) is 196 Å². The van der Waals surface area contributed by atoms with Crippen molar-refractivity contribution >= 4 is 77.7 Å². The fraction of sp³-hybridized carbons (Fsp3) is 0.0577. The molecule has 1 unspecified atom stereocenters. The first kappa shape index (κ1) is 31.2. The monoisotopic (exact) mass is 716 g/mol. The molecule has 1 atom stereocenters. The number of aryl methyl sites for hydroxylation is 1. The highest BCUT2D eigenvalue weighted by molar-refractivity contribution is 6.20. The van der Waals surface area contributed by atoms with Gasteiger partial charge in [-0.15, -0.1) is 0 Å². The number of para-hydroxylation sites is 3. The lowest BCUT2D eigenvalue weighted by Crippen LogP contribution is -2.29. The summed E-state index contributed by atoms with van der Waals surface area (Å²) in [5, 5.41) is 11.3. The summed E-state index contributed by atoms with van der Waals surface area (Å²) in [5.41, 5.74) is 14.2. The lowest BCUT2D eigenvalue weighted by Gasteiger charge is -2.29. The summed E-state index contributed by atoms with van der Waals surface area (Å²) in [4.78, 5) is 5.51. The van der Waals surface area contributed by atoms with Gasteiger partial charge in [0.15, 0.2) is 0 Å². The number of aliphatic imine (C=N–C) groups is 1. The highest BCUT2D eigenvalue weighted by atomic mass is 15.2. The number of hydrogen-bond donors (Lipinski definition) is 1. The Balaban J connectivity index is 1.12. The Morgan fingerprint density at radius 1 is 0.536 bits per heavy atom. The molecule has 56 heavy (non-hydrogen) atoms. The zero-order valence-electron chi connectivity index (χ0n) is 30.7. The Morgan fingerprint density at radius 3 is 2.16 bits per heavy atom. The Bertz CT molecular complexity index is 3270. The van der Waals surface area contributed by atoms with Crippen molar-refractivity contribution in [3.63, 3.8) is 0 Å². The first-order chi connectivity index (χ1) is 27.8. The molecule has 12 rings (SSSR count). The molecular weight excluding hydrogens is 681 g/mol. The number of fused-ring (bicyclic) bond motifs is 10. The molecule has 0 saturated heterocycles. The summed E-state index contributed by atoms with van der Waals surface area (Å²) in [6.07, 6.45) is 6.82. The number of nitrogens with one attached hydrogen (secondary N) is 1. The number of nitrogens with zero attached hydrogens (tertiary/aromatic N) is 3. The van der Waals surface area contributed by atoms with Gasteiger partial charge in [0.25, 0.3) is 0 Å². The smallest absolute Gasteiger partial charge is 0.141 e. The molecule has 2 aliphatic rings. The molecule has 2 aromatic heterocycles. The van der Waals surface area contributed by atoms with Crippen LogP contribution in [-0.2, 0) is 6.42 Å². The molecule has 264 valence electrons. The van der Waals surface area contributed by atoms with Gasteiger partial charge in [-0.25, -0.2) is 4.99 Å². The lowest BCUT2D eigenvalue weighted by molar-refractivity contribution is 0.962.